The van der Waals surface area contributed by atoms with Crippen molar-refractivity contribution in [2.24, 2.45) is 11.8 Å². The summed E-state index contributed by atoms with van der Waals surface area (Å²) >= 11 is 0. The first-order valence-corrected chi connectivity index (χ1v) is 6.11. The highest BCUT2D eigenvalue weighted by atomic mass is 16.5. The summed E-state index contributed by atoms with van der Waals surface area (Å²) in [5, 5.41) is 11.6. The van der Waals surface area contributed by atoms with Gasteiger partial charge in [-0.1, -0.05) is 13.8 Å². The molecule has 1 saturated heterocycles. The number of rotatable bonds is 5. The number of aliphatic carboxylic acids is 1. The van der Waals surface area contributed by atoms with Gasteiger partial charge in [0, 0.05) is 6.61 Å². The highest BCUT2D eigenvalue weighted by molar-refractivity contribution is 5.85. The Kier molecular flexibility index (Phi) is 5.41. The summed E-state index contributed by atoms with van der Waals surface area (Å²) in [6, 6.07) is -0.788. The van der Waals surface area contributed by atoms with Crippen LogP contribution in [0, 0.1) is 11.8 Å². The number of amides is 1. The third kappa shape index (κ3) is 4.73. The fourth-order valence-corrected chi connectivity index (χ4v) is 1.93. The van der Waals surface area contributed by atoms with E-state index in [9.17, 15) is 9.59 Å². The van der Waals surface area contributed by atoms with Crippen molar-refractivity contribution >= 4 is 11.9 Å². The molecular formula is C12H21NO4. The van der Waals surface area contributed by atoms with Crippen LogP contribution in [0.5, 0.6) is 0 Å². The van der Waals surface area contributed by atoms with E-state index in [0.717, 1.165) is 12.8 Å². The van der Waals surface area contributed by atoms with Gasteiger partial charge in [0.15, 0.2) is 0 Å². The molecule has 0 spiro atoms. The van der Waals surface area contributed by atoms with E-state index in [1.54, 1.807) is 0 Å². The molecule has 2 unspecified atom stereocenters. The van der Waals surface area contributed by atoms with Crippen LogP contribution in [0.15, 0.2) is 0 Å². The average molecular weight is 243 g/mol. The van der Waals surface area contributed by atoms with Crippen LogP contribution in [-0.4, -0.2) is 36.2 Å². The Balaban J connectivity index is 2.47. The summed E-state index contributed by atoms with van der Waals surface area (Å²) in [4.78, 5) is 22.8. The van der Waals surface area contributed by atoms with Gasteiger partial charge in [-0.25, -0.2) is 4.79 Å². The van der Waals surface area contributed by atoms with Gasteiger partial charge in [0.2, 0.25) is 5.91 Å². The molecule has 1 aliphatic heterocycles. The van der Waals surface area contributed by atoms with E-state index in [-0.39, 0.29) is 17.7 Å². The lowest BCUT2D eigenvalue weighted by molar-refractivity contribution is -0.143. The Morgan fingerprint density at radius 3 is 2.65 bits per heavy atom. The van der Waals surface area contributed by atoms with E-state index < -0.39 is 12.0 Å². The van der Waals surface area contributed by atoms with Gasteiger partial charge in [-0.3, -0.25) is 4.79 Å². The molecule has 0 aromatic heterocycles. The quantitative estimate of drug-likeness (QED) is 0.756. The third-order valence-corrected chi connectivity index (χ3v) is 2.85. The summed E-state index contributed by atoms with van der Waals surface area (Å²) < 4.78 is 5.22. The van der Waals surface area contributed by atoms with Crippen molar-refractivity contribution in [2.75, 3.05) is 13.2 Å². The van der Waals surface area contributed by atoms with Crippen molar-refractivity contribution in [3.63, 3.8) is 0 Å². The summed E-state index contributed by atoms with van der Waals surface area (Å²) in [7, 11) is 0. The minimum atomic E-state index is -0.969. The summed E-state index contributed by atoms with van der Waals surface area (Å²) in [5.41, 5.74) is 0. The normalized spacial score (nSPS) is 22.2. The number of carbonyl (C=O) groups excluding carboxylic acids is 1. The van der Waals surface area contributed by atoms with Crippen LogP contribution >= 0.6 is 0 Å². The van der Waals surface area contributed by atoms with Gasteiger partial charge in [-0.15, -0.1) is 0 Å². The Bertz CT molecular complexity index is 272. The molecule has 1 aliphatic rings. The SMILES string of the molecule is CC(C)CC(NC(=O)C1CCCOC1)C(=O)O. The molecule has 2 atom stereocenters. The molecule has 1 heterocycles. The number of carboxylic acids is 1. The van der Waals surface area contributed by atoms with Crippen LogP contribution in [0.3, 0.4) is 0 Å². The maximum absolute atomic E-state index is 11.8. The second-order valence-corrected chi connectivity index (χ2v) is 4.94. The molecule has 0 aliphatic carbocycles. The smallest absolute Gasteiger partial charge is 0.326 e. The van der Waals surface area contributed by atoms with E-state index in [4.69, 9.17) is 9.84 Å². The molecule has 98 valence electrons. The fourth-order valence-electron chi connectivity index (χ4n) is 1.93. The topological polar surface area (TPSA) is 75.6 Å². The maximum atomic E-state index is 11.8. The molecular weight excluding hydrogens is 222 g/mol. The zero-order chi connectivity index (χ0) is 12.8. The van der Waals surface area contributed by atoms with Crippen molar-refractivity contribution < 1.29 is 19.4 Å². The lowest BCUT2D eigenvalue weighted by Gasteiger charge is -2.24. The minimum Gasteiger partial charge on any atom is -0.480 e. The van der Waals surface area contributed by atoms with Gasteiger partial charge in [-0.05, 0) is 25.2 Å². The monoisotopic (exact) mass is 243 g/mol. The molecule has 0 aromatic carbocycles. The van der Waals surface area contributed by atoms with Crippen molar-refractivity contribution in [3.05, 3.63) is 0 Å². The Hall–Kier alpha value is -1.10. The van der Waals surface area contributed by atoms with Crippen LogP contribution in [-0.2, 0) is 14.3 Å². The van der Waals surface area contributed by atoms with Gasteiger partial charge < -0.3 is 15.2 Å². The van der Waals surface area contributed by atoms with Gasteiger partial charge in [0.05, 0.1) is 12.5 Å². The molecule has 1 rings (SSSR count). The van der Waals surface area contributed by atoms with Gasteiger partial charge in [-0.2, -0.15) is 0 Å². The van der Waals surface area contributed by atoms with Gasteiger partial charge >= 0.3 is 5.97 Å². The van der Waals surface area contributed by atoms with Crippen LogP contribution in [0.1, 0.15) is 33.1 Å². The van der Waals surface area contributed by atoms with E-state index in [0.29, 0.717) is 19.6 Å². The first-order valence-electron chi connectivity index (χ1n) is 6.11. The Morgan fingerprint density at radius 1 is 1.47 bits per heavy atom. The zero-order valence-corrected chi connectivity index (χ0v) is 10.4. The van der Waals surface area contributed by atoms with Gasteiger partial charge in [0.25, 0.3) is 0 Å². The number of carbonyl (C=O) groups is 2. The molecule has 0 saturated carbocycles. The largest absolute Gasteiger partial charge is 0.480 e. The molecule has 2 N–H and O–H groups in total. The van der Waals surface area contributed by atoms with Crippen molar-refractivity contribution in [1.82, 2.24) is 5.32 Å². The first-order chi connectivity index (χ1) is 8.00. The predicted molar refractivity (Wildman–Crippen MR) is 62.6 cm³/mol. The summed E-state index contributed by atoms with van der Waals surface area (Å²) in [6.07, 6.45) is 2.09. The fraction of sp³-hybridized carbons (Fsp3) is 0.833. The molecule has 5 nitrogen and oxygen atoms in total. The van der Waals surface area contributed by atoms with E-state index in [2.05, 4.69) is 5.32 Å². The zero-order valence-electron chi connectivity index (χ0n) is 10.4. The standard InChI is InChI=1S/C12H21NO4/c1-8(2)6-10(12(15)16)13-11(14)9-4-3-5-17-7-9/h8-10H,3-7H2,1-2H3,(H,13,14)(H,15,16). The molecule has 1 fully saturated rings. The summed E-state index contributed by atoms with van der Waals surface area (Å²) in [6.45, 7) is 4.97. The van der Waals surface area contributed by atoms with Crippen LogP contribution < -0.4 is 5.32 Å². The summed E-state index contributed by atoms with van der Waals surface area (Å²) in [5.74, 6) is -1.13. The molecule has 0 radical (unpaired) electrons. The molecule has 5 heteroatoms. The predicted octanol–water partition coefficient (Wildman–Crippen LogP) is 1.03. The van der Waals surface area contributed by atoms with Crippen LogP contribution in [0.25, 0.3) is 0 Å². The van der Waals surface area contributed by atoms with Gasteiger partial charge in [0.1, 0.15) is 6.04 Å². The molecule has 1 amide bonds. The lowest BCUT2D eigenvalue weighted by Crippen LogP contribution is -2.45. The number of carboxylic acid groups (broad SMARTS) is 1. The number of hydrogen-bond donors (Lipinski definition) is 2. The highest BCUT2D eigenvalue weighted by Crippen LogP contribution is 2.14. The molecule has 17 heavy (non-hydrogen) atoms. The average Bonchev–Trinajstić information content (AvgIpc) is 2.28. The van der Waals surface area contributed by atoms with E-state index >= 15 is 0 Å². The maximum Gasteiger partial charge on any atom is 0.326 e. The number of nitrogens with one attached hydrogen (secondary N) is 1. The van der Waals surface area contributed by atoms with E-state index in [1.807, 2.05) is 13.8 Å². The van der Waals surface area contributed by atoms with Crippen LogP contribution in [0.4, 0.5) is 0 Å². The van der Waals surface area contributed by atoms with Crippen molar-refractivity contribution in [2.45, 2.75) is 39.2 Å². The molecule has 0 aromatic rings. The van der Waals surface area contributed by atoms with Crippen LogP contribution in [0.2, 0.25) is 0 Å². The minimum absolute atomic E-state index is 0.197. The number of ether oxygens (including phenoxy) is 1. The Morgan fingerprint density at radius 2 is 2.18 bits per heavy atom. The van der Waals surface area contributed by atoms with E-state index in [1.165, 1.54) is 0 Å². The second kappa shape index (κ2) is 6.59. The lowest BCUT2D eigenvalue weighted by atomic mass is 9.99. The first kappa shape index (κ1) is 14.0. The highest BCUT2D eigenvalue weighted by Gasteiger charge is 2.27. The Labute approximate surface area is 102 Å². The molecule has 0 bridgehead atoms. The second-order valence-electron chi connectivity index (χ2n) is 4.94. The van der Waals surface area contributed by atoms with Crippen molar-refractivity contribution in [3.8, 4) is 0 Å². The third-order valence-electron chi connectivity index (χ3n) is 2.85. The van der Waals surface area contributed by atoms with Crippen molar-refractivity contribution in [1.29, 1.82) is 0 Å². The number of hydrogen-bond acceptors (Lipinski definition) is 3.